The normalized spacial score (nSPS) is 17.3. The number of rotatable bonds is 7. The van der Waals surface area contributed by atoms with Gasteiger partial charge < -0.3 is 10.2 Å². The fraction of sp³-hybridized carbons (Fsp3) is 0.647. The lowest BCUT2D eigenvalue weighted by atomic mass is 10.0. The molecule has 9 heteroatoms. The first-order chi connectivity index (χ1) is 12.2. The van der Waals surface area contributed by atoms with Crippen molar-refractivity contribution >= 4 is 33.0 Å². The molecule has 2 rings (SSSR count). The lowest BCUT2D eigenvalue weighted by molar-refractivity contribution is -0.136. The summed E-state index contributed by atoms with van der Waals surface area (Å²) < 4.78 is 22.6. The lowest BCUT2D eigenvalue weighted by Crippen LogP contribution is -2.56. The van der Waals surface area contributed by atoms with Crippen molar-refractivity contribution in [2.45, 2.75) is 19.9 Å². The van der Waals surface area contributed by atoms with E-state index >= 15 is 0 Å². The smallest absolute Gasteiger partial charge is 0.262 e. The SMILES string of the molecule is CC(C)C(NC(=O)c1cccs1)C(=O)N1CCN(CCS(C)(=O)=O)CC1. The second kappa shape index (κ2) is 8.96. The summed E-state index contributed by atoms with van der Waals surface area (Å²) in [6, 6.07) is 2.98. The molecule has 1 unspecified atom stereocenters. The third kappa shape index (κ3) is 6.07. The zero-order valence-electron chi connectivity index (χ0n) is 15.5. The molecule has 1 aliphatic rings. The van der Waals surface area contributed by atoms with E-state index < -0.39 is 15.9 Å². The number of nitrogens with zero attached hydrogens (tertiary/aromatic N) is 2. The highest BCUT2D eigenvalue weighted by molar-refractivity contribution is 7.90. The van der Waals surface area contributed by atoms with Gasteiger partial charge in [0.05, 0.1) is 10.6 Å². The maximum absolute atomic E-state index is 12.9. The zero-order valence-corrected chi connectivity index (χ0v) is 17.1. The first kappa shape index (κ1) is 20.9. The van der Waals surface area contributed by atoms with Crippen LogP contribution in [-0.4, -0.2) is 80.8 Å². The molecule has 1 N–H and O–H groups in total. The number of carbonyl (C=O) groups is 2. The van der Waals surface area contributed by atoms with Gasteiger partial charge in [-0.05, 0) is 17.4 Å². The largest absolute Gasteiger partial charge is 0.339 e. The summed E-state index contributed by atoms with van der Waals surface area (Å²) >= 11 is 1.35. The third-order valence-corrected chi connectivity index (χ3v) is 6.22. The Labute approximate surface area is 159 Å². The Hall–Kier alpha value is -1.45. The van der Waals surface area contributed by atoms with E-state index in [1.807, 2.05) is 25.3 Å². The summed E-state index contributed by atoms with van der Waals surface area (Å²) in [5.41, 5.74) is 0. The molecule has 0 bridgehead atoms. The van der Waals surface area contributed by atoms with E-state index in [0.717, 1.165) is 0 Å². The number of hydrogen-bond donors (Lipinski definition) is 1. The van der Waals surface area contributed by atoms with E-state index in [1.165, 1.54) is 17.6 Å². The van der Waals surface area contributed by atoms with E-state index in [-0.39, 0.29) is 23.5 Å². The van der Waals surface area contributed by atoms with Crippen LogP contribution in [0, 0.1) is 5.92 Å². The molecule has 0 aromatic carbocycles. The standard InChI is InChI=1S/C17H27N3O4S2/c1-13(2)15(18-16(21)14-5-4-11-25-14)17(22)20-8-6-19(7-9-20)10-12-26(3,23)24/h4-5,11,13,15H,6-10,12H2,1-3H3,(H,18,21). The highest BCUT2D eigenvalue weighted by Gasteiger charge is 2.31. The molecule has 1 saturated heterocycles. The molecule has 1 fully saturated rings. The van der Waals surface area contributed by atoms with Crippen LogP contribution in [0.3, 0.4) is 0 Å². The lowest BCUT2D eigenvalue weighted by Gasteiger charge is -2.37. The number of sulfone groups is 1. The van der Waals surface area contributed by atoms with Crippen LogP contribution in [0.5, 0.6) is 0 Å². The van der Waals surface area contributed by atoms with Crippen molar-refractivity contribution in [2.75, 3.05) is 44.7 Å². The average Bonchev–Trinajstić information content (AvgIpc) is 3.11. The van der Waals surface area contributed by atoms with Gasteiger partial charge in [-0.1, -0.05) is 19.9 Å². The number of carbonyl (C=O) groups excluding carboxylic acids is 2. The minimum Gasteiger partial charge on any atom is -0.339 e. The van der Waals surface area contributed by atoms with Crippen LogP contribution in [0.1, 0.15) is 23.5 Å². The van der Waals surface area contributed by atoms with E-state index in [9.17, 15) is 18.0 Å². The van der Waals surface area contributed by atoms with Crippen molar-refractivity contribution in [1.29, 1.82) is 0 Å². The van der Waals surface area contributed by atoms with Gasteiger partial charge >= 0.3 is 0 Å². The summed E-state index contributed by atoms with van der Waals surface area (Å²) in [4.78, 5) is 29.6. The molecule has 0 spiro atoms. The Morgan fingerprint density at radius 3 is 2.38 bits per heavy atom. The molecule has 2 amide bonds. The second-order valence-corrected chi connectivity index (χ2v) is 10.2. The van der Waals surface area contributed by atoms with Gasteiger partial charge in [0.2, 0.25) is 5.91 Å². The number of piperazine rings is 1. The molecule has 1 aromatic heterocycles. The van der Waals surface area contributed by atoms with Crippen LogP contribution < -0.4 is 5.32 Å². The molecule has 0 aliphatic carbocycles. The molecule has 0 radical (unpaired) electrons. The summed E-state index contributed by atoms with van der Waals surface area (Å²) in [7, 11) is -2.98. The van der Waals surface area contributed by atoms with E-state index in [4.69, 9.17) is 0 Å². The van der Waals surface area contributed by atoms with Gasteiger partial charge in [-0.25, -0.2) is 8.42 Å². The predicted octanol–water partition coefficient (Wildman–Crippen LogP) is 0.691. The summed E-state index contributed by atoms with van der Waals surface area (Å²) in [5.74, 6) is -0.187. The highest BCUT2D eigenvalue weighted by atomic mass is 32.2. The van der Waals surface area contributed by atoms with Gasteiger partial charge in [0, 0.05) is 39.0 Å². The molecule has 1 atom stereocenters. The van der Waals surface area contributed by atoms with E-state index in [2.05, 4.69) is 10.2 Å². The molecule has 2 heterocycles. The van der Waals surface area contributed by atoms with Gasteiger partial charge in [0.25, 0.3) is 5.91 Å². The Balaban J connectivity index is 1.90. The van der Waals surface area contributed by atoms with Crippen LogP contribution >= 0.6 is 11.3 Å². The number of nitrogens with one attached hydrogen (secondary N) is 1. The average molecular weight is 402 g/mol. The van der Waals surface area contributed by atoms with Crippen molar-refractivity contribution in [1.82, 2.24) is 15.1 Å². The van der Waals surface area contributed by atoms with Crippen molar-refractivity contribution in [3.63, 3.8) is 0 Å². The van der Waals surface area contributed by atoms with Gasteiger partial charge in [0.1, 0.15) is 15.9 Å². The minimum absolute atomic E-state index is 0.0188. The van der Waals surface area contributed by atoms with Crippen molar-refractivity contribution in [3.05, 3.63) is 22.4 Å². The van der Waals surface area contributed by atoms with E-state index in [0.29, 0.717) is 37.6 Å². The van der Waals surface area contributed by atoms with Gasteiger partial charge in [-0.3, -0.25) is 14.5 Å². The fourth-order valence-electron chi connectivity index (χ4n) is 2.82. The second-order valence-electron chi connectivity index (χ2n) is 6.97. The van der Waals surface area contributed by atoms with Crippen LogP contribution in [0.25, 0.3) is 0 Å². The maximum atomic E-state index is 12.9. The molecule has 26 heavy (non-hydrogen) atoms. The molecule has 1 aliphatic heterocycles. The Morgan fingerprint density at radius 2 is 1.88 bits per heavy atom. The Morgan fingerprint density at radius 1 is 1.23 bits per heavy atom. The highest BCUT2D eigenvalue weighted by Crippen LogP contribution is 2.13. The molecule has 7 nitrogen and oxygen atoms in total. The number of hydrogen-bond acceptors (Lipinski definition) is 6. The third-order valence-electron chi connectivity index (χ3n) is 4.43. The van der Waals surface area contributed by atoms with Crippen LogP contribution in [0.2, 0.25) is 0 Å². The fourth-order valence-corrected chi connectivity index (χ4v) is 4.03. The molecular weight excluding hydrogens is 374 g/mol. The molecular formula is C17H27N3O4S2. The van der Waals surface area contributed by atoms with E-state index in [1.54, 1.807) is 11.0 Å². The topological polar surface area (TPSA) is 86.8 Å². The molecule has 0 saturated carbocycles. The quantitative estimate of drug-likeness (QED) is 0.726. The van der Waals surface area contributed by atoms with Crippen molar-refractivity contribution in [3.8, 4) is 0 Å². The van der Waals surface area contributed by atoms with Gasteiger partial charge in [-0.15, -0.1) is 11.3 Å². The maximum Gasteiger partial charge on any atom is 0.262 e. The predicted molar refractivity (Wildman–Crippen MR) is 103 cm³/mol. The van der Waals surface area contributed by atoms with Gasteiger partial charge in [-0.2, -0.15) is 0 Å². The van der Waals surface area contributed by atoms with Crippen LogP contribution in [0.4, 0.5) is 0 Å². The molecule has 1 aromatic rings. The zero-order chi connectivity index (χ0) is 19.3. The summed E-state index contributed by atoms with van der Waals surface area (Å²) in [6.45, 7) is 6.69. The first-order valence-electron chi connectivity index (χ1n) is 8.70. The minimum atomic E-state index is -2.98. The van der Waals surface area contributed by atoms with Gasteiger partial charge in [0.15, 0.2) is 0 Å². The summed E-state index contributed by atoms with van der Waals surface area (Å²) in [6.07, 6.45) is 1.23. The Bertz CT molecular complexity index is 708. The first-order valence-corrected chi connectivity index (χ1v) is 11.6. The van der Waals surface area contributed by atoms with Crippen LogP contribution in [-0.2, 0) is 14.6 Å². The number of amides is 2. The Kier molecular flexibility index (Phi) is 7.19. The summed E-state index contributed by atoms with van der Waals surface area (Å²) in [5, 5.41) is 4.69. The molecule has 146 valence electrons. The van der Waals surface area contributed by atoms with Crippen LogP contribution in [0.15, 0.2) is 17.5 Å². The monoisotopic (exact) mass is 401 g/mol. The number of thiophene rings is 1. The van der Waals surface area contributed by atoms with Crippen molar-refractivity contribution < 1.29 is 18.0 Å². The van der Waals surface area contributed by atoms with Crippen molar-refractivity contribution in [2.24, 2.45) is 5.92 Å².